The van der Waals surface area contributed by atoms with Gasteiger partial charge >= 0.3 is 11.9 Å². The molecule has 4 heteroatoms. The van der Waals surface area contributed by atoms with Gasteiger partial charge in [-0.05, 0) is 66.5 Å². The molecule has 0 unspecified atom stereocenters. The third-order valence-corrected chi connectivity index (χ3v) is 4.27. The number of hydrogen-bond acceptors (Lipinski definition) is 4. The number of hydrogen-bond donors (Lipinski definition) is 0. The molecule has 26 heavy (non-hydrogen) atoms. The summed E-state index contributed by atoms with van der Waals surface area (Å²) < 4.78 is 11.5. The molecule has 0 aliphatic carbocycles. The Bertz CT molecular complexity index is 792. The standard InChI is InChI=1S/C22H28O4/c1-13-14(2)18(26-20(24)22(6,7)8)16-12-10-9-11-15(16)17(13)25-19(23)21(3,4)5/h9-12H,1-8H3. The van der Waals surface area contributed by atoms with E-state index < -0.39 is 10.8 Å². The van der Waals surface area contributed by atoms with Crippen molar-refractivity contribution in [2.24, 2.45) is 10.8 Å². The lowest BCUT2D eigenvalue weighted by Gasteiger charge is -2.23. The first-order valence-electron chi connectivity index (χ1n) is 8.80. The van der Waals surface area contributed by atoms with Crippen LogP contribution in [0.1, 0.15) is 52.7 Å². The Balaban J connectivity index is 2.65. The van der Waals surface area contributed by atoms with Gasteiger partial charge in [-0.15, -0.1) is 0 Å². The molecular formula is C22H28O4. The first-order chi connectivity index (χ1) is 11.8. The predicted octanol–water partition coefficient (Wildman–Crippen LogP) is 5.36. The molecule has 0 fully saturated rings. The minimum atomic E-state index is -0.612. The summed E-state index contributed by atoms with van der Waals surface area (Å²) >= 11 is 0. The number of benzene rings is 2. The Morgan fingerprint density at radius 3 is 1.27 bits per heavy atom. The van der Waals surface area contributed by atoms with Crippen molar-refractivity contribution in [1.29, 1.82) is 0 Å². The van der Waals surface area contributed by atoms with Gasteiger partial charge in [0.15, 0.2) is 0 Å². The first kappa shape index (κ1) is 20.0. The van der Waals surface area contributed by atoms with Crippen molar-refractivity contribution in [1.82, 2.24) is 0 Å². The van der Waals surface area contributed by atoms with Gasteiger partial charge in [0, 0.05) is 10.8 Å². The Hall–Kier alpha value is -2.36. The van der Waals surface area contributed by atoms with Crippen LogP contribution in [0.15, 0.2) is 24.3 Å². The molecule has 0 aromatic heterocycles. The molecule has 0 aliphatic rings. The summed E-state index contributed by atoms with van der Waals surface area (Å²) in [5.41, 5.74) is 0.355. The monoisotopic (exact) mass is 356 g/mol. The zero-order chi connectivity index (χ0) is 19.9. The van der Waals surface area contributed by atoms with Gasteiger partial charge in [0.2, 0.25) is 0 Å². The van der Waals surface area contributed by atoms with Crippen LogP contribution >= 0.6 is 0 Å². The van der Waals surface area contributed by atoms with Crippen LogP contribution in [0.4, 0.5) is 0 Å². The molecule has 0 saturated heterocycles. The average Bonchev–Trinajstić information content (AvgIpc) is 2.53. The number of fused-ring (bicyclic) bond motifs is 1. The maximum absolute atomic E-state index is 12.4. The van der Waals surface area contributed by atoms with E-state index in [0.29, 0.717) is 11.5 Å². The predicted molar refractivity (Wildman–Crippen MR) is 104 cm³/mol. The average molecular weight is 356 g/mol. The lowest BCUT2D eigenvalue weighted by Crippen LogP contribution is -2.27. The SMILES string of the molecule is Cc1c(C)c(OC(=O)C(C)(C)C)c2ccccc2c1OC(=O)C(C)(C)C. The van der Waals surface area contributed by atoms with Crippen LogP contribution in [-0.2, 0) is 9.59 Å². The van der Waals surface area contributed by atoms with Crippen LogP contribution in [0, 0.1) is 24.7 Å². The fourth-order valence-corrected chi connectivity index (χ4v) is 2.38. The van der Waals surface area contributed by atoms with E-state index in [1.165, 1.54) is 0 Å². The van der Waals surface area contributed by atoms with Crippen LogP contribution in [0.5, 0.6) is 11.5 Å². The molecule has 0 atom stereocenters. The normalized spacial score (nSPS) is 12.2. The minimum absolute atomic E-state index is 0.301. The number of rotatable bonds is 2. The second-order valence-electron chi connectivity index (χ2n) is 8.73. The van der Waals surface area contributed by atoms with E-state index in [4.69, 9.17) is 9.47 Å². The first-order valence-corrected chi connectivity index (χ1v) is 8.80. The lowest BCUT2D eigenvalue weighted by molar-refractivity contribution is -0.143. The molecule has 0 heterocycles. The Labute approximate surface area is 155 Å². The molecule has 0 N–H and O–H groups in total. The van der Waals surface area contributed by atoms with Crippen LogP contribution < -0.4 is 9.47 Å². The van der Waals surface area contributed by atoms with Crippen LogP contribution in [-0.4, -0.2) is 11.9 Å². The third kappa shape index (κ3) is 3.90. The number of carbonyl (C=O) groups excluding carboxylic acids is 2. The van der Waals surface area contributed by atoms with E-state index in [-0.39, 0.29) is 11.9 Å². The highest BCUT2D eigenvalue weighted by Crippen LogP contribution is 2.41. The Morgan fingerprint density at radius 2 is 1.00 bits per heavy atom. The second kappa shape index (κ2) is 6.75. The maximum atomic E-state index is 12.4. The zero-order valence-electron chi connectivity index (χ0n) is 16.9. The van der Waals surface area contributed by atoms with Crippen LogP contribution in [0.25, 0.3) is 10.8 Å². The summed E-state index contributed by atoms with van der Waals surface area (Å²) in [7, 11) is 0. The highest BCUT2D eigenvalue weighted by molar-refractivity contribution is 5.99. The van der Waals surface area contributed by atoms with E-state index in [1.54, 1.807) is 0 Å². The molecule has 0 spiro atoms. The molecule has 4 nitrogen and oxygen atoms in total. The number of carbonyl (C=O) groups is 2. The summed E-state index contributed by atoms with van der Waals surface area (Å²) in [6.07, 6.45) is 0. The molecule has 2 aromatic carbocycles. The molecule has 0 radical (unpaired) electrons. The largest absolute Gasteiger partial charge is 0.425 e. The van der Waals surface area contributed by atoms with Crippen molar-refractivity contribution in [3.05, 3.63) is 35.4 Å². The van der Waals surface area contributed by atoms with E-state index >= 15 is 0 Å². The van der Waals surface area contributed by atoms with Gasteiger partial charge in [0.25, 0.3) is 0 Å². The topological polar surface area (TPSA) is 52.6 Å². The van der Waals surface area contributed by atoms with Gasteiger partial charge in [0.05, 0.1) is 10.8 Å². The van der Waals surface area contributed by atoms with E-state index in [9.17, 15) is 9.59 Å². The van der Waals surface area contributed by atoms with Gasteiger partial charge in [-0.2, -0.15) is 0 Å². The van der Waals surface area contributed by atoms with Gasteiger partial charge in [-0.3, -0.25) is 9.59 Å². The molecule has 2 rings (SSSR count). The second-order valence-corrected chi connectivity index (χ2v) is 8.73. The summed E-state index contributed by atoms with van der Waals surface area (Å²) in [6, 6.07) is 7.50. The van der Waals surface area contributed by atoms with Crippen molar-refractivity contribution in [3.8, 4) is 11.5 Å². The maximum Gasteiger partial charge on any atom is 0.316 e. The fourth-order valence-electron chi connectivity index (χ4n) is 2.38. The fraction of sp³-hybridized carbons (Fsp3) is 0.455. The van der Waals surface area contributed by atoms with Crippen molar-refractivity contribution in [2.75, 3.05) is 0 Å². The van der Waals surface area contributed by atoms with Crippen molar-refractivity contribution < 1.29 is 19.1 Å². The summed E-state index contributed by atoms with van der Waals surface area (Å²) in [5.74, 6) is 0.441. The van der Waals surface area contributed by atoms with E-state index in [2.05, 4.69) is 0 Å². The van der Waals surface area contributed by atoms with Crippen LogP contribution in [0.3, 0.4) is 0 Å². The molecule has 2 aromatic rings. The molecule has 0 aliphatic heterocycles. The van der Waals surface area contributed by atoms with Gasteiger partial charge in [-0.25, -0.2) is 0 Å². The molecule has 140 valence electrons. The highest BCUT2D eigenvalue weighted by Gasteiger charge is 2.29. The van der Waals surface area contributed by atoms with Crippen molar-refractivity contribution in [2.45, 2.75) is 55.4 Å². The van der Waals surface area contributed by atoms with Crippen molar-refractivity contribution >= 4 is 22.7 Å². The lowest BCUT2D eigenvalue weighted by atomic mass is 9.95. The smallest absolute Gasteiger partial charge is 0.316 e. The molecule has 0 amide bonds. The van der Waals surface area contributed by atoms with E-state index in [1.807, 2.05) is 79.7 Å². The van der Waals surface area contributed by atoms with Gasteiger partial charge in [-0.1, -0.05) is 24.3 Å². The number of ether oxygens (including phenoxy) is 2. The third-order valence-electron chi connectivity index (χ3n) is 4.27. The Kier molecular flexibility index (Phi) is 5.18. The zero-order valence-corrected chi connectivity index (χ0v) is 16.9. The van der Waals surface area contributed by atoms with Crippen molar-refractivity contribution in [3.63, 3.8) is 0 Å². The summed E-state index contributed by atoms with van der Waals surface area (Å²) in [4.78, 5) is 24.9. The Morgan fingerprint density at radius 1 is 0.692 bits per heavy atom. The van der Waals surface area contributed by atoms with E-state index in [0.717, 1.165) is 21.9 Å². The van der Waals surface area contributed by atoms with Crippen LogP contribution in [0.2, 0.25) is 0 Å². The summed E-state index contributed by atoms with van der Waals surface area (Å²) in [6.45, 7) is 14.7. The van der Waals surface area contributed by atoms with Gasteiger partial charge < -0.3 is 9.47 Å². The van der Waals surface area contributed by atoms with Gasteiger partial charge in [0.1, 0.15) is 11.5 Å². The number of esters is 2. The minimum Gasteiger partial charge on any atom is -0.425 e. The molecular weight excluding hydrogens is 328 g/mol. The highest BCUT2D eigenvalue weighted by atomic mass is 16.5. The molecule has 0 saturated carbocycles. The molecule has 0 bridgehead atoms. The summed E-state index contributed by atoms with van der Waals surface area (Å²) in [5, 5.41) is 1.51. The quantitative estimate of drug-likeness (QED) is 0.537.